The molecule has 4 heterocycles. The number of halogens is 1. The lowest BCUT2D eigenvalue weighted by Gasteiger charge is -2.22. The fraction of sp³-hybridized carbons (Fsp3) is 0.194. The molecule has 12 heteroatoms. The molecule has 0 saturated carbocycles. The van der Waals surface area contributed by atoms with Crippen molar-refractivity contribution in [3.63, 3.8) is 0 Å². The molecule has 1 aliphatic rings. The number of amides is 2. The topological polar surface area (TPSA) is 106 Å². The largest absolute Gasteiger partial charge is 0.459 e. The van der Waals surface area contributed by atoms with E-state index < -0.39 is 0 Å². The Morgan fingerprint density at radius 2 is 1.93 bits per heavy atom. The Kier molecular flexibility index (Phi) is 8.21. The number of hydrogen-bond acceptors (Lipinski definition) is 8. The number of carbonyl (C=O) groups excluding carboxylic acids is 2. The molecule has 0 radical (unpaired) electrons. The number of nitrogens with zero attached hydrogens (tertiary/aromatic N) is 5. The van der Waals surface area contributed by atoms with Crippen LogP contribution in [0.4, 0.5) is 4.39 Å². The van der Waals surface area contributed by atoms with Crippen LogP contribution >= 0.6 is 23.1 Å². The van der Waals surface area contributed by atoms with E-state index in [1.165, 1.54) is 35.2 Å². The summed E-state index contributed by atoms with van der Waals surface area (Å²) in [6, 6.07) is 19.0. The molecule has 0 bridgehead atoms. The summed E-state index contributed by atoms with van der Waals surface area (Å²) >= 11 is 2.81. The third-order valence-electron chi connectivity index (χ3n) is 7.01. The zero-order valence-corrected chi connectivity index (χ0v) is 25.0. The van der Waals surface area contributed by atoms with E-state index in [1.54, 1.807) is 35.6 Å². The van der Waals surface area contributed by atoms with Crippen LogP contribution in [-0.4, -0.2) is 43.1 Å². The van der Waals surface area contributed by atoms with Crippen molar-refractivity contribution in [3.05, 3.63) is 117 Å². The van der Waals surface area contributed by atoms with Crippen LogP contribution in [0.15, 0.2) is 93.0 Å². The van der Waals surface area contributed by atoms with Crippen LogP contribution in [0.2, 0.25) is 0 Å². The van der Waals surface area contributed by atoms with Gasteiger partial charge in [-0.05, 0) is 72.3 Å². The van der Waals surface area contributed by atoms with E-state index >= 15 is 0 Å². The molecule has 0 saturated heterocycles. The summed E-state index contributed by atoms with van der Waals surface area (Å²) < 4.78 is 20.8. The van der Waals surface area contributed by atoms with Gasteiger partial charge in [-0.2, -0.15) is 5.10 Å². The molecule has 6 rings (SSSR count). The van der Waals surface area contributed by atoms with E-state index in [0.29, 0.717) is 17.4 Å². The molecule has 2 aromatic carbocycles. The van der Waals surface area contributed by atoms with Crippen LogP contribution in [0, 0.1) is 19.7 Å². The Labute approximate surface area is 255 Å². The Morgan fingerprint density at radius 1 is 1.09 bits per heavy atom. The van der Waals surface area contributed by atoms with E-state index in [-0.39, 0.29) is 41.7 Å². The Bertz CT molecular complexity index is 1780. The molecule has 43 heavy (non-hydrogen) atoms. The average Bonchev–Trinajstić information content (AvgIpc) is 3.83. The van der Waals surface area contributed by atoms with Crippen LogP contribution in [0.25, 0.3) is 5.69 Å². The molecule has 1 aliphatic heterocycles. The second kappa shape index (κ2) is 12.4. The van der Waals surface area contributed by atoms with E-state index in [4.69, 9.17) is 9.52 Å². The minimum absolute atomic E-state index is 0.0423. The Balaban J connectivity index is 1.26. The lowest BCUT2D eigenvalue weighted by molar-refractivity contribution is -0.130. The van der Waals surface area contributed by atoms with Crippen molar-refractivity contribution >= 4 is 40.6 Å². The number of aryl methyl sites for hydroxylation is 2. The summed E-state index contributed by atoms with van der Waals surface area (Å²) in [6.07, 6.45) is 1.97. The Morgan fingerprint density at radius 3 is 2.67 bits per heavy atom. The van der Waals surface area contributed by atoms with E-state index in [9.17, 15) is 14.0 Å². The number of aromatic nitrogens is 3. The monoisotopic (exact) mass is 614 g/mol. The molecule has 218 valence electrons. The molecule has 1 N–H and O–H groups in total. The predicted octanol–water partition coefficient (Wildman–Crippen LogP) is 6.08. The molecule has 1 atom stereocenters. The van der Waals surface area contributed by atoms with Gasteiger partial charge in [-0.3, -0.25) is 14.2 Å². The summed E-state index contributed by atoms with van der Waals surface area (Å²) in [5.41, 5.74) is 4.50. The smallest absolute Gasteiger partial charge is 0.287 e. The van der Waals surface area contributed by atoms with E-state index in [1.807, 2.05) is 54.1 Å². The van der Waals surface area contributed by atoms with Gasteiger partial charge in [0, 0.05) is 6.42 Å². The van der Waals surface area contributed by atoms with Gasteiger partial charge in [-0.25, -0.2) is 9.40 Å². The quantitative estimate of drug-likeness (QED) is 0.202. The molecule has 0 aliphatic carbocycles. The number of rotatable bonds is 9. The van der Waals surface area contributed by atoms with Crippen molar-refractivity contribution in [2.75, 3.05) is 5.75 Å². The molecule has 0 spiro atoms. The highest BCUT2D eigenvalue weighted by atomic mass is 32.2. The van der Waals surface area contributed by atoms with Crippen molar-refractivity contribution in [3.8, 4) is 5.69 Å². The van der Waals surface area contributed by atoms with Gasteiger partial charge >= 0.3 is 0 Å². The summed E-state index contributed by atoms with van der Waals surface area (Å²) in [5, 5.41) is 20.3. The summed E-state index contributed by atoms with van der Waals surface area (Å²) in [7, 11) is 0. The first-order chi connectivity index (χ1) is 20.9. The maximum atomic E-state index is 13.7. The van der Waals surface area contributed by atoms with Gasteiger partial charge in [0.25, 0.3) is 11.8 Å². The fourth-order valence-corrected chi connectivity index (χ4v) is 6.37. The summed E-state index contributed by atoms with van der Waals surface area (Å²) in [6.45, 7) is 4.08. The predicted molar refractivity (Wildman–Crippen MR) is 163 cm³/mol. The zero-order valence-electron chi connectivity index (χ0n) is 23.4. The van der Waals surface area contributed by atoms with Gasteiger partial charge in [0.2, 0.25) is 0 Å². The normalized spacial score (nSPS) is 14.6. The van der Waals surface area contributed by atoms with Crippen molar-refractivity contribution in [1.29, 1.82) is 0 Å². The highest BCUT2D eigenvalue weighted by Gasteiger charge is 2.34. The molecule has 0 unspecified atom stereocenters. The second-order valence-corrected chi connectivity index (χ2v) is 11.9. The molecule has 2 amide bonds. The number of thiophene rings is 1. The number of hydrogen-bond donors (Lipinski definition) is 1. The van der Waals surface area contributed by atoms with Crippen molar-refractivity contribution in [2.45, 2.75) is 38.0 Å². The van der Waals surface area contributed by atoms with Gasteiger partial charge in [-0.15, -0.1) is 21.5 Å². The van der Waals surface area contributed by atoms with Gasteiger partial charge in [0.15, 0.2) is 16.7 Å². The van der Waals surface area contributed by atoms with Gasteiger partial charge < -0.3 is 9.73 Å². The summed E-state index contributed by atoms with van der Waals surface area (Å²) in [5.74, 6) is -0.176. The van der Waals surface area contributed by atoms with Crippen LogP contribution in [-0.2, 0) is 11.3 Å². The maximum absolute atomic E-state index is 13.7. The van der Waals surface area contributed by atoms with Gasteiger partial charge in [0.05, 0.1) is 40.9 Å². The first-order valence-corrected chi connectivity index (χ1v) is 15.4. The number of thioether (sulfide) groups is 1. The van der Waals surface area contributed by atoms with Crippen LogP contribution in [0.1, 0.15) is 50.4 Å². The second-order valence-electron chi connectivity index (χ2n) is 10.0. The molecular weight excluding hydrogens is 588 g/mol. The molecular formula is C31H27FN6O3S2. The number of carbonyl (C=O) groups is 2. The Hall–Kier alpha value is -4.55. The third-order valence-corrected chi connectivity index (χ3v) is 8.84. The molecule has 5 aromatic rings. The number of hydrazone groups is 1. The SMILES string of the molecule is Cc1ccc(C)c(-n2c(CNC(=O)c3ccco3)nnc2SCC(=O)N2N=C(c3cccs3)C[C@H]2c2ccc(F)cc2)c1. The van der Waals surface area contributed by atoms with Crippen LogP contribution in [0.3, 0.4) is 0 Å². The number of nitrogens with one attached hydrogen (secondary N) is 1. The van der Waals surface area contributed by atoms with Crippen LogP contribution in [0.5, 0.6) is 0 Å². The van der Waals surface area contributed by atoms with Crippen molar-refractivity contribution in [2.24, 2.45) is 5.10 Å². The first-order valence-electron chi connectivity index (χ1n) is 13.5. The minimum atomic E-state index is -0.370. The third kappa shape index (κ3) is 6.15. The standard InChI is InChI=1S/C31H27FN6O3S2/c1-19-7-8-20(2)24(15-19)37-28(17-33-30(40)26-5-3-13-41-26)34-35-31(37)43-18-29(39)38-25(21-9-11-22(32)12-10-21)16-23(36-38)27-6-4-14-42-27/h3-15,25H,16-18H2,1-2H3,(H,33,40)/t25-/m0/s1. The summed E-state index contributed by atoms with van der Waals surface area (Å²) in [4.78, 5) is 27.2. The highest BCUT2D eigenvalue weighted by Crippen LogP contribution is 2.35. The minimum Gasteiger partial charge on any atom is -0.459 e. The lowest BCUT2D eigenvalue weighted by atomic mass is 10.0. The number of benzene rings is 2. The highest BCUT2D eigenvalue weighted by molar-refractivity contribution is 7.99. The van der Waals surface area contributed by atoms with Crippen molar-refractivity contribution in [1.82, 2.24) is 25.1 Å². The fourth-order valence-electron chi connectivity index (χ4n) is 4.83. The van der Waals surface area contributed by atoms with E-state index in [0.717, 1.165) is 33.0 Å². The molecule has 9 nitrogen and oxygen atoms in total. The lowest BCUT2D eigenvalue weighted by Crippen LogP contribution is -2.28. The average molecular weight is 615 g/mol. The van der Waals surface area contributed by atoms with Gasteiger partial charge in [-0.1, -0.05) is 42.1 Å². The molecule has 3 aromatic heterocycles. The maximum Gasteiger partial charge on any atom is 0.287 e. The molecule has 0 fully saturated rings. The number of furan rings is 1. The van der Waals surface area contributed by atoms with Gasteiger partial charge in [0.1, 0.15) is 5.82 Å². The zero-order chi connectivity index (χ0) is 29.9. The van der Waals surface area contributed by atoms with Crippen LogP contribution < -0.4 is 5.32 Å². The first kappa shape index (κ1) is 28.6. The van der Waals surface area contributed by atoms with Crippen molar-refractivity contribution < 1.29 is 18.4 Å². The van der Waals surface area contributed by atoms with E-state index in [2.05, 4.69) is 15.5 Å².